The number of ether oxygens (including phenoxy) is 4. The lowest BCUT2D eigenvalue weighted by molar-refractivity contribution is -0.239. The zero-order chi connectivity index (χ0) is 20.9. The number of fused-ring (bicyclic) bond motifs is 1. The summed E-state index contributed by atoms with van der Waals surface area (Å²) in [5.74, 6) is -3.33. The molecule has 158 valence electrons. The minimum absolute atomic E-state index is 0.0588. The molecule has 4 heterocycles. The van der Waals surface area contributed by atoms with Gasteiger partial charge in [-0.2, -0.15) is 0 Å². The van der Waals surface area contributed by atoms with E-state index < -0.39 is 70.5 Å². The van der Waals surface area contributed by atoms with Crippen LogP contribution in [0.1, 0.15) is 40.5 Å². The van der Waals surface area contributed by atoms with Crippen LogP contribution in [0, 0.1) is 28.1 Å². The maximum absolute atomic E-state index is 13.3. The first-order chi connectivity index (χ1) is 13.4. The molecule has 6 fully saturated rings. The van der Waals surface area contributed by atoms with E-state index in [0.717, 1.165) is 0 Å². The van der Waals surface area contributed by atoms with Gasteiger partial charge in [-0.1, -0.05) is 20.8 Å². The van der Waals surface area contributed by atoms with Crippen LogP contribution >= 0.6 is 0 Å². The maximum atomic E-state index is 13.3. The predicted molar refractivity (Wildman–Crippen MR) is 90.6 cm³/mol. The number of aliphatic hydroxyl groups is 2. The lowest BCUT2D eigenvalue weighted by atomic mass is 9.52. The zero-order valence-corrected chi connectivity index (χ0v) is 16.6. The summed E-state index contributed by atoms with van der Waals surface area (Å²) in [4.78, 5) is 38.1. The summed E-state index contributed by atoms with van der Waals surface area (Å²) in [6.45, 7) is 7.51. The minimum Gasteiger partial charge on any atom is -0.459 e. The second kappa shape index (κ2) is 4.48. The Kier molecular flexibility index (Phi) is 2.79. The molecule has 2 saturated carbocycles. The summed E-state index contributed by atoms with van der Waals surface area (Å²) in [5, 5.41) is 23.5. The first-order valence-electron chi connectivity index (χ1n) is 10.1. The fraction of sp³-hybridized carbons (Fsp3) is 0.850. The van der Waals surface area contributed by atoms with Crippen LogP contribution < -0.4 is 0 Å². The number of carbonyl (C=O) groups is 3. The zero-order valence-electron chi connectivity index (χ0n) is 16.6. The SMILES string of the molecule is CC1C(=O)OC2C(O)C34C5CC(C(C)(C)C)C36CC(=O)OC6OC4(C(=O)O5)C12O. The van der Waals surface area contributed by atoms with Crippen LogP contribution in [0.15, 0.2) is 0 Å². The average Bonchev–Trinajstić information content (AvgIpc) is 3.32. The van der Waals surface area contributed by atoms with Gasteiger partial charge in [-0.15, -0.1) is 0 Å². The third kappa shape index (κ3) is 1.35. The first kappa shape index (κ1) is 18.1. The van der Waals surface area contributed by atoms with E-state index in [9.17, 15) is 24.6 Å². The van der Waals surface area contributed by atoms with Crippen LogP contribution in [0.2, 0.25) is 0 Å². The second-order valence-corrected chi connectivity index (χ2v) is 10.6. The summed E-state index contributed by atoms with van der Waals surface area (Å²) in [6.07, 6.45) is -4.34. The standard InChI is InChI=1S/C20H24O9/c1-7-13(23)28-12-11(22)18-9-5-8(16(2,3)4)17(18)6-10(21)27-15(17)29-20(18,14(24)26-9)19(7,12)25/h7-9,11-12,15,22,25H,5-6H2,1-4H3. The average molecular weight is 408 g/mol. The number of hydrogen-bond acceptors (Lipinski definition) is 9. The predicted octanol–water partition coefficient (Wildman–Crippen LogP) is -0.340. The number of aliphatic hydroxyl groups excluding tert-OH is 1. The highest BCUT2D eigenvalue weighted by Crippen LogP contribution is 2.84. The van der Waals surface area contributed by atoms with Crippen LogP contribution in [0.5, 0.6) is 0 Å². The van der Waals surface area contributed by atoms with Gasteiger partial charge >= 0.3 is 17.9 Å². The van der Waals surface area contributed by atoms with Crippen LogP contribution in [0.25, 0.3) is 0 Å². The van der Waals surface area contributed by atoms with Crippen molar-refractivity contribution in [2.75, 3.05) is 0 Å². The third-order valence-electron chi connectivity index (χ3n) is 8.90. The summed E-state index contributed by atoms with van der Waals surface area (Å²) < 4.78 is 22.8. The summed E-state index contributed by atoms with van der Waals surface area (Å²) in [7, 11) is 0. The first-order valence-corrected chi connectivity index (χ1v) is 10.1. The molecule has 2 aliphatic carbocycles. The van der Waals surface area contributed by atoms with Gasteiger partial charge in [-0.3, -0.25) is 9.59 Å². The van der Waals surface area contributed by atoms with Crippen LogP contribution in [0.3, 0.4) is 0 Å². The molecule has 9 heteroatoms. The van der Waals surface area contributed by atoms with E-state index in [-0.39, 0.29) is 17.8 Å². The van der Waals surface area contributed by atoms with Crippen molar-refractivity contribution in [3.63, 3.8) is 0 Å². The molecule has 4 aliphatic heterocycles. The fourth-order valence-corrected chi connectivity index (χ4v) is 8.11. The lowest BCUT2D eigenvalue weighted by Crippen LogP contribution is -2.65. The molecule has 2 spiro atoms. The number of esters is 3. The molecule has 6 aliphatic rings. The van der Waals surface area contributed by atoms with E-state index >= 15 is 0 Å². The van der Waals surface area contributed by atoms with Crippen LogP contribution in [0.4, 0.5) is 0 Å². The van der Waals surface area contributed by atoms with Crippen molar-refractivity contribution in [1.82, 2.24) is 0 Å². The summed E-state index contributed by atoms with van der Waals surface area (Å²) >= 11 is 0. The van der Waals surface area contributed by atoms with Crippen LogP contribution in [-0.4, -0.2) is 63.9 Å². The van der Waals surface area contributed by atoms with Gasteiger partial charge in [0, 0.05) is 0 Å². The number of rotatable bonds is 0. The molecule has 0 amide bonds. The Morgan fingerprint density at radius 3 is 2.45 bits per heavy atom. The quantitative estimate of drug-likeness (QED) is 0.408. The molecule has 4 saturated heterocycles. The Labute approximate surface area is 166 Å². The monoisotopic (exact) mass is 408 g/mol. The Morgan fingerprint density at radius 2 is 1.79 bits per heavy atom. The molecule has 29 heavy (non-hydrogen) atoms. The Bertz CT molecular complexity index is 893. The summed E-state index contributed by atoms with van der Waals surface area (Å²) in [5.41, 5.74) is -7.01. The number of hydrogen-bond donors (Lipinski definition) is 2. The Hall–Kier alpha value is -1.71. The molecular formula is C20H24O9. The van der Waals surface area contributed by atoms with Crippen molar-refractivity contribution >= 4 is 17.9 Å². The normalized spacial score (nSPS) is 59.2. The van der Waals surface area contributed by atoms with Crippen molar-refractivity contribution in [3.8, 4) is 0 Å². The lowest BCUT2D eigenvalue weighted by Gasteiger charge is -2.46. The minimum atomic E-state index is -2.12. The molecule has 2 N–H and O–H groups in total. The van der Waals surface area contributed by atoms with Gasteiger partial charge in [-0.05, 0) is 24.7 Å². The van der Waals surface area contributed by atoms with Gasteiger partial charge in [0.15, 0.2) is 11.7 Å². The van der Waals surface area contributed by atoms with Crippen molar-refractivity contribution in [2.24, 2.45) is 28.1 Å². The van der Waals surface area contributed by atoms with Crippen molar-refractivity contribution in [3.05, 3.63) is 0 Å². The van der Waals surface area contributed by atoms with Gasteiger partial charge in [0.2, 0.25) is 11.9 Å². The molecule has 10 unspecified atom stereocenters. The Balaban J connectivity index is 1.70. The molecule has 0 aromatic heterocycles. The molecular weight excluding hydrogens is 384 g/mol. The molecule has 0 aromatic rings. The van der Waals surface area contributed by atoms with Gasteiger partial charge < -0.3 is 29.2 Å². The van der Waals surface area contributed by atoms with E-state index in [0.29, 0.717) is 6.42 Å². The largest absolute Gasteiger partial charge is 0.459 e. The fourth-order valence-electron chi connectivity index (χ4n) is 8.11. The number of carbonyl (C=O) groups excluding carboxylic acids is 3. The molecule has 0 radical (unpaired) electrons. The smallest absolute Gasteiger partial charge is 0.343 e. The van der Waals surface area contributed by atoms with E-state index in [1.807, 2.05) is 20.8 Å². The maximum Gasteiger partial charge on any atom is 0.343 e. The van der Waals surface area contributed by atoms with Gasteiger partial charge in [0.1, 0.15) is 12.2 Å². The molecule has 10 atom stereocenters. The topological polar surface area (TPSA) is 129 Å². The van der Waals surface area contributed by atoms with Crippen molar-refractivity contribution in [2.45, 2.75) is 76.3 Å². The van der Waals surface area contributed by atoms with Gasteiger partial charge in [0.25, 0.3) is 0 Å². The van der Waals surface area contributed by atoms with E-state index in [1.54, 1.807) is 0 Å². The van der Waals surface area contributed by atoms with Crippen molar-refractivity contribution in [1.29, 1.82) is 0 Å². The summed E-state index contributed by atoms with van der Waals surface area (Å²) in [6, 6.07) is 0. The Morgan fingerprint density at radius 1 is 1.10 bits per heavy atom. The van der Waals surface area contributed by atoms with Crippen LogP contribution in [-0.2, 0) is 33.3 Å². The van der Waals surface area contributed by atoms with Gasteiger partial charge in [0.05, 0.1) is 23.2 Å². The third-order valence-corrected chi connectivity index (χ3v) is 8.90. The van der Waals surface area contributed by atoms with Crippen molar-refractivity contribution < 1.29 is 43.5 Å². The highest BCUT2D eigenvalue weighted by Gasteiger charge is 3.02. The molecule has 0 bridgehead atoms. The highest BCUT2D eigenvalue weighted by molar-refractivity contribution is 5.93. The molecule has 6 rings (SSSR count). The van der Waals surface area contributed by atoms with E-state index in [1.165, 1.54) is 6.92 Å². The second-order valence-electron chi connectivity index (χ2n) is 10.6. The van der Waals surface area contributed by atoms with Gasteiger partial charge in [-0.25, -0.2) is 4.79 Å². The molecule has 0 aromatic carbocycles. The van der Waals surface area contributed by atoms with E-state index in [4.69, 9.17) is 18.9 Å². The highest BCUT2D eigenvalue weighted by atomic mass is 16.7. The van der Waals surface area contributed by atoms with E-state index in [2.05, 4.69) is 0 Å². The molecule has 9 nitrogen and oxygen atoms in total.